The summed E-state index contributed by atoms with van der Waals surface area (Å²) in [5.74, 6) is 0. The summed E-state index contributed by atoms with van der Waals surface area (Å²) in [6.07, 6.45) is 3.60. The Kier molecular flexibility index (Phi) is 4.59. The maximum absolute atomic E-state index is 11.0. The fourth-order valence-corrected chi connectivity index (χ4v) is 2.56. The molecule has 4 nitrogen and oxygen atoms in total. The van der Waals surface area contributed by atoms with Crippen molar-refractivity contribution in [2.75, 3.05) is 26.2 Å². The number of nitrogens with zero attached hydrogens (tertiary/aromatic N) is 2. The molecule has 1 saturated heterocycles. The molecular formula is C12H25N3O. The van der Waals surface area contributed by atoms with Crippen molar-refractivity contribution >= 4 is 6.03 Å². The third-order valence-corrected chi connectivity index (χ3v) is 3.91. The van der Waals surface area contributed by atoms with Gasteiger partial charge in [0, 0.05) is 31.7 Å². The standard InChI is InChI=1S/C12H25N3O/c1-4-6-12(3,5-2)15-9-7-14(8-10-15)11(13)16/h4-10H2,1-3H3,(H2,13,16). The fourth-order valence-electron chi connectivity index (χ4n) is 2.56. The molecule has 0 aromatic rings. The maximum Gasteiger partial charge on any atom is 0.314 e. The summed E-state index contributed by atoms with van der Waals surface area (Å²) in [6.45, 7) is 10.3. The van der Waals surface area contributed by atoms with E-state index in [0.29, 0.717) is 5.54 Å². The van der Waals surface area contributed by atoms with Gasteiger partial charge in [-0.2, -0.15) is 0 Å². The van der Waals surface area contributed by atoms with Crippen LogP contribution < -0.4 is 5.73 Å². The van der Waals surface area contributed by atoms with Crippen LogP contribution in [0, 0.1) is 0 Å². The van der Waals surface area contributed by atoms with E-state index in [1.807, 2.05) is 0 Å². The van der Waals surface area contributed by atoms with Crippen molar-refractivity contribution in [2.45, 2.75) is 45.6 Å². The zero-order chi connectivity index (χ0) is 12.2. The molecule has 1 unspecified atom stereocenters. The van der Waals surface area contributed by atoms with Gasteiger partial charge in [-0.15, -0.1) is 0 Å². The normalized spacial score (nSPS) is 21.8. The number of carbonyl (C=O) groups is 1. The van der Waals surface area contributed by atoms with Crippen LogP contribution in [-0.4, -0.2) is 47.5 Å². The van der Waals surface area contributed by atoms with Gasteiger partial charge in [0.2, 0.25) is 0 Å². The number of nitrogens with two attached hydrogens (primary N) is 1. The lowest BCUT2D eigenvalue weighted by Gasteiger charge is -2.45. The molecule has 4 heteroatoms. The summed E-state index contributed by atoms with van der Waals surface area (Å²) in [5.41, 5.74) is 5.57. The molecule has 0 saturated carbocycles. The quantitative estimate of drug-likeness (QED) is 0.794. The molecule has 1 aliphatic heterocycles. The first-order chi connectivity index (χ1) is 7.53. The molecule has 16 heavy (non-hydrogen) atoms. The topological polar surface area (TPSA) is 49.6 Å². The van der Waals surface area contributed by atoms with Crippen LogP contribution in [-0.2, 0) is 0 Å². The van der Waals surface area contributed by atoms with Gasteiger partial charge in [0.15, 0.2) is 0 Å². The number of rotatable bonds is 4. The van der Waals surface area contributed by atoms with E-state index < -0.39 is 0 Å². The average molecular weight is 227 g/mol. The lowest BCUT2D eigenvalue weighted by atomic mass is 9.90. The minimum Gasteiger partial charge on any atom is -0.351 e. The number of primary amides is 1. The first kappa shape index (κ1) is 13.3. The number of carbonyl (C=O) groups excluding carboxylic acids is 1. The van der Waals surface area contributed by atoms with Gasteiger partial charge in [0.1, 0.15) is 0 Å². The van der Waals surface area contributed by atoms with Crippen molar-refractivity contribution in [1.29, 1.82) is 0 Å². The summed E-state index contributed by atoms with van der Waals surface area (Å²) >= 11 is 0. The van der Waals surface area contributed by atoms with E-state index in [9.17, 15) is 4.79 Å². The fraction of sp³-hybridized carbons (Fsp3) is 0.917. The van der Waals surface area contributed by atoms with Crippen LogP contribution in [0.1, 0.15) is 40.0 Å². The maximum atomic E-state index is 11.0. The van der Waals surface area contributed by atoms with Gasteiger partial charge in [0.05, 0.1) is 0 Å². The van der Waals surface area contributed by atoms with Crippen LogP contribution in [0.5, 0.6) is 0 Å². The summed E-state index contributed by atoms with van der Waals surface area (Å²) < 4.78 is 0. The summed E-state index contributed by atoms with van der Waals surface area (Å²) in [7, 11) is 0. The molecule has 0 spiro atoms. The van der Waals surface area contributed by atoms with E-state index in [2.05, 4.69) is 25.7 Å². The van der Waals surface area contributed by atoms with Gasteiger partial charge in [-0.25, -0.2) is 4.79 Å². The van der Waals surface area contributed by atoms with Gasteiger partial charge in [0.25, 0.3) is 0 Å². The predicted octanol–water partition coefficient (Wildman–Crippen LogP) is 1.65. The second kappa shape index (κ2) is 5.53. The largest absolute Gasteiger partial charge is 0.351 e. The smallest absolute Gasteiger partial charge is 0.314 e. The molecule has 1 rings (SSSR count). The molecule has 1 aliphatic rings. The lowest BCUT2D eigenvalue weighted by Crippen LogP contribution is -2.57. The highest BCUT2D eigenvalue weighted by atomic mass is 16.2. The van der Waals surface area contributed by atoms with Gasteiger partial charge in [-0.05, 0) is 19.8 Å². The number of urea groups is 1. The predicted molar refractivity (Wildman–Crippen MR) is 66.3 cm³/mol. The average Bonchev–Trinajstić information content (AvgIpc) is 2.29. The molecule has 0 aromatic heterocycles. The highest BCUT2D eigenvalue weighted by molar-refractivity contribution is 5.72. The highest BCUT2D eigenvalue weighted by Gasteiger charge is 2.32. The van der Waals surface area contributed by atoms with Gasteiger partial charge in [-0.1, -0.05) is 20.3 Å². The number of amides is 2. The van der Waals surface area contributed by atoms with E-state index >= 15 is 0 Å². The molecule has 1 heterocycles. The number of piperazine rings is 1. The van der Waals surface area contributed by atoms with Crippen LogP contribution in [0.4, 0.5) is 4.79 Å². The van der Waals surface area contributed by atoms with Crippen molar-refractivity contribution in [1.82, 2.24) is 9.80 Å². The van der Waals surface area contributed by atoms with Gasteiger partial charge < -0.3 is 10.6 Å². The zero-order valence-corrected chi connectivity index (χ0v) is 10.8. The molecule has 1 fully saturated rings. The molecule has 1 atom stereocenters. The molecule has 2 amide bonds. The molecular weight excluding hydrogens is 202 g/mol. The van der Waals surface area contributed by atoms with Crippen molar-refractivity contribution < 1.29 is 4.79 Å². The summed E-state index contributed by atoms with van der Waals surface area (Å²) in [5, 5.41) is 0. The van der Waals surface area contributed by atoms with Crippen LogP contribution >= 0.6 is 0 Å². The Bertz CT molecular complexity index is 236. The third kappa shape index (κ3) is 2.88. The Labute approximate surface area is 98.8 Å². The van der Waals surface area contributed by atoms with E-state index in [4.69, 9.17) is 5.73 Å². The van der Waals surface area contributed by atoms with Gasteiger partial charge >= 0.3 is 6.03 Å². The van der Waals surface area contributed by atoms with Crippen molar-refractivity contribution in [3.05, 3.63) is 0 Å². The Morgan fingerprint density at radius 2 is 1.81 bits per heavy atom. The van der Waals surface area contributed by atoms with Crippen LogP contribution in [0.25, 0.3) is 0 Å². The van der Waals surface area contributed by atoms with Gasteiger partial charge in [-0.3, -0.25) is 4.90 Å². The summed E-state index contributed by atoms with van der Waals surface area (Å²) in [4.78, 5) is 15.3. The molecule has 0 bridgehead atoms. The highest BCUT2D eigenvalue weighted by Crippen LogP contribution is 2.26. The number of hydrogen-bond donors (Lipinski definition) is 1. The molecule has 94 valence electrons. The number of hydrogen-bond acceptors (Lipinski definition) is 2. The molecule has 2 N–H and O–H groups in total. The van der Waals surface area contributed by atoms with E-state index in [0.717, 1.165) is 32.6 Å². The zero-order valence-electron chi connectivity index (χ0n) is 10.8. The van der Waals surface area contributed by atoms with Crippen LogP contribution in [0.15, 0.2) is 0 Å². The van der Waals surface area contributed by atoms with Crippen molar-refractivity contribution in [2.24, 2.45) is 5.73 Å². The molecule has 0 aromatic carbocycles. The monoisotopic (exact) mass is 227 g/mol. The van der Waals surface area contributed by atoms with E-state index in [1.165, 1.54) is 12.8 Å². The van der Waals surface area contributed by atoms with E-state index in [-0.39, 0.29) is 6.03 Å². The van der Waals surface area contributed by atoms with Crippen LogP contribution in [0.2, 0.25) is 0 Å². The third-order valence-electron chi connectivity index (χ3n) is 3.91. The first-order valence-corrected chi connectivity index (χ1v) is 6.33. The second-order valence-electron chi connectivity index (χ2n) is 4.91. The Morgan fingerprint density at radius 3 is 2.19 bits per heavy atom. The minimum absolute atomic E-state index is 0.284. The SMILES string of the molecule is CCCC(C)(CC)N1CCN(C(N)=O)CC1. The first-order valence-electron chi connectivity index (χ1n) is 6.33. The lowest BCUT2D eigenvalue weighted by molar-refractivity contribution is 0.0454. The summed E-state index contributed by atoms with van der Waals surface area (Å²) in [6, 6.07) is -0.284. The second-order valence-corrected chi connectivity index (χ2v) is 4.91. The van der Waals surface area contributed by atoms with Crippen molar-refractivity contribution in [3.8, 4) is 0 Å². The minimum atomic E-state index is -0.284. The Morgan fingerprint density at radius 1 is 1.25 bits per heavy atom. The van der Waals surface area contributed by atoms with E-state index in [1.54, 1.807) is 4.90 Å². The molecule has 0 radical (unpaired) electrons. The van der Waals surface area contributed by atoms with Crippen molar-refractivity contribution in [3.63, 3.8) is 0 Å². The Balaban J connectivity index is 2.54. The molecule has 0 aliphatic carbocycles. The Hall–Kier alpha value is -0.770. The van der Waals surface area contributed by atoms with Crippen LogP contribution in [0.3, 0.4) is 0 Å².